The Balaban J connectivity index is 3.07. The van der Waals surface area contributed by atoms with Crippen molar-refractivity contribution in [2.75, 3.05) is 11.9 Å². The van der Waals surface area contributed by atoms with E-state index in [-0.39, 0.29) is 12.0 Å². The fraction of sp³-hybridized carbons (Fsp3) is 0.111. The number of carbonyl (C=O) groups excluding carboxylic acids is 2. The average Bonchev–Trinajstić information content (AvgIpc) is 2.15. The fourth-order valence-electron chi connectivity index (χ4n) is 0.951. The van der Waals surface area contributed by atoms with Gasteiger partial charge >= 0.3 is 0 Å². The van der Waals surface area contributed by atoms with E-state index in [1.807, 2.05) is 0 Å². The van der Waals surface area contributed by atoms with Gasteiger partial charge in [0.15, 0.2) is 0 Å². The molecule has 0 aliphatic carbocycles. The second kappa shape index (κ2) is 3.95. The van der Waals surface area contributed by atoms with Crippen LogP contribution in [0.3, 0.4) is 0 Å². The van der Waals surface area contributed by atoms with Crippen molar-refractivity contribution in [3.8, 4) is 0 Å². The van der Waals surface area contributed by atoms with Crippen molar-refractivity contribution in [3.63, 3.8) is 0 Å². The molecule has 1 amide bonds. The molecule has 0 fully saturated rings. The molecule has 5 heteroatoms. The summed E-state index contributed by atoms with van der Waals surface area (Å²) in [6.45, 7) is 0. The molecule has 0 N–H and O–H groups in total. The number of aldehydes is 1. The molecule has 0 aliphatic rings. The van der Waals surface area contributed by atoms with E-state index in [0.717, 1.165) is 17.0 Å². The third kappa shape index (κ3) is 1.93. The summed E-state index contributed by atoms with van der Waals surface area (Å²) in [5.74, 6) is -2.52. The minimum Gasteiger partial charge on any atom is -0.306 e. The Labute approximate surface area is 78.9 Å². The second-order valence-electron chi connectivity index (χ2n) is 2.61. The third-order valence-electron chi connectivity index (χ3n) is 1.70. The number of anilines is 1. The molecule has 1 aromatic carbocycles. The molecule has 0 atom stereocenters. The quantitative estimate of drug-likeness (QED) is 0.528. The molecular formula is C9H7F2NO2. The van der Waals surface area contributed by atoms with Crippen molar-refractivity contribution < 1.29 is 18.4 Å². The van der Waals surface area contributed by atoms with E-state index < -0.39 is 17.5 Å². The van der Waals surface area contributed by atoms with Crippen molar-refractivity contribution in [2.24, 2.45) is 0 Å². The first-order valence-corrected chi connectivity index (χ1v) is 3.74. The molecule has 0 heterocycles. The summed E-state index contributed by atoms with van der Waals surface area (Å²) in [7, 11) is 1.23. The van der Waals surface area contributed by atoms with Gasteiger partial charge in [0.2, 0.25) is 6.29 Å². The minimum absolute atomic E-state index is 0.0583. The average molecular weight is 199 g/mol. The zero-order valence-corrected chi connectivity index (χ0v) is 7.33. The van der Waals surface area contributed by atoms with Crippen molar-refractivity contribution in [3.05, 3.63) is 29.8 Å². The Morgan fingerprint density at radius 1 is 1.43 bits per heavy atom. The Bertz CT molecular complexity index is 379. The van der Waals surface area contributed by atoms with Crippen LogP contribution in [-0.2, 0) is 9.59 Å². The van der Waals surface area contributed by atoms with Gasteiger partial charge in [-0.15, -0.1) is 0 Å². The van der Waals surface area contributed by atoms with E-state index in [4.69, 9.17) is 0 Å². The van der Waals surface area contributed by atoms with Crippen molar-refractivity contribution in [1.82, 2.24) is 0 Å². The van der Waals surface area contributed by atoms with Crippen LogP contribution >= 0.6 is 0 Å². The SMILES string of the molecule is CN(C(=O)C=O)c1ccc(F)cc1F. The van der Waals surface area contributed by atoms with Gasteiger partial charge < -0.3 is 4.90 Å². The fourth-order valence-corrected chi connectivity index (χ4v) is 0.951. The summed E-state index contributed by atoms with van der Waals surface area (Å²) >= 11 is 0. The summed E-state index contributed by atoms with van der Waals surface area (Å²) in [4.78, 5) is 21.8. The Morgan fingerprint density at radius 2 is 2.07 bits per heavy atom. The monoisotopic (exact) mass is 199 g/mol. The summed E-state index contributed by atoms with van der Waals surface area (Å²) in [5.41, 5.74) is -0.136. The molecule has 0 unspecified atom stereocenters. The van der Waals surface area contributed by atoms with Crippen LogP contribution in [0.2, 0.25) is 0 Å². The lowest BCUT2D eigenvalue weighted by Gasteiger charge is -2.14. The van der Waals surface area contributed by atoms with Crippen LogP contribution in [0.1, 0.15) is 0 Å². The maximum atomic E-state index is 13.0. The summed E-state index contributed by atoms with van der Waals surface area (Å²) < 4.78 is 25.5. The lowest BCUT2D eigenvalue weighted by Crippen LogP contribution is -2.27. The first kappa shape index (κ1) is 10.3. The Morgan fingerprint density at radius 3 is 2.57 bits per heavy atom. The first-order valence-electron chi connectivity index (χ1n) is 3.74. The predicted molar refractivity (Wildman–Crippen MR) is 45.8 cm³/mol. The van der Waals surface area contributed by atoms with Crippen LogP contribution in [0.25, 0.3) is 0 Å². The molecule has 0 aromatic heterocycles. The molecule has 0 radical (unpaired) electrons. The summed E-state index contributed by atoms with van der Waals surface area (Å²) in [5, 5.41) is 0. The first-order chi connectivity index (χ1) is 6.56. The van der Waals surface area contributed by atoms with Gasteiger partial charge in [0, 0.05) is 13.1 Å². The van der Waals surface area contributed by atoms with E-state index in [1.54, 1.807) is 0 Å². The van der Waals surface area contributed by atoms with Gasteiger partial charge in [0.05, 0.1) is 5.69 Å². The van der Waals surface area contributed by atoms with Crippen molar-refractivity contribution in [1.29, 1.82) is 0 Å². The Hall–Kier alpha value is -1.78. The number of likely N-dealkylation sites (N-methyl/N-ethyl adjacent to an activating group) is 1. The summed E-state index contributed by atoms with van der Waals surface area (Å²) in [6.07, 6.45) is 0.0583. The van der Waals surface area contributed by atoms with Gasteiger partial charge in [0.25, 0.3) is 5.91 Å². The molecule has 14 heavy (non-hydrogen) atoms. The van der Waals surface area contributed by atoms with Crippen LogP contribution in [0.4, 0.5) is 14.5 Å². The molecule has 1 aromatic rings. The van der Waals surface area contributed by atoms with Gasteiger partial charge in [-0.2, -0.15) is 0 Å². The number of hydrogen-bond acceptors (Lipinski definition) is 2. The lowest BCUT2D eigenvalue weighted by atomic mass is 10.2. The van der Waals surface area contributed by atoms with Crippen LogP contribution in [0.15, 0.2) is 18.2 Å². The van der Waals surface area contributed by atoms with E-state index >= 15 is 0 Å². The number of rotatable bonds is 2. The van der Waals surface area contributed by atoms with Gasteiger partial charge in [-0.1, -0.05) is 0 Å². The molecule has 0 saturated carbocycles. The number of benzene rings is 1. The van der Waals surface area contributed by atoms with Crippen molar-refractivity contribution >= 4 is 17.9 Å². The second-order valence-corrected chi connectivity index (χ2v) is 2.61. The van der Waals surface area contributed by atoms with Crippen molar-refractivity contribution in [2.45, 2.75) is 0 Å². The standard InChI is InChI=1S/C9H7F2NO2/c1-12(9(14)5-13)8-3-2-6(10)4-7(8)11/h2-5H,1H3. The molecule has 0 bridgehead atoms. The van der Waals surface area contributed by atoms with E-state index in [2.05, 4.69) is 0 Å². The lowest BCUT2D eigenvalue weighted by molar-refractivity contribution is -0.129. The third-order valence-corrected chi connectivity index (χ3v) is 1.70. The number of halogens is 2. The molecule has 0 aliphatic heterocycles. The predicted octanol–water partition coefficient (Wildman–Crippen LogP) is 1.13. The normalized spacial score (nSPS) is 9.64. The van der Waals surface area contributed by atoms with Crippen LogP contribution in [-0.4, -0.2) is 19.2 Å². The molecule has 1 rings (SSSR count). The van der Waals surface area contributed by atoms with Gasteiger partial charge in [-0.3, -0.25) is 9.59 Å². The largest absolute Gasteiger partial charge is 0.306 e. The van der Waals surface area contributed by atoms with Crippen LogP contribution in [0, 0.1) is 11.6 Å². The number of amides is 1. The maximum absolute atomic E-state index is 13.0. The highest BCUT2D eigenvalue weighted by Gasteiger charge is 2.13. The highest BCUT2D eigenvalue weighted by atomic mass is 19.1. The Kier molecular flexibility index (Phi) is 2.91. The summed E-state index contributed by atoms with van der Waals surface area (Å²) in [6, 6.07) is 2.74. The highest BCUT2D eigenvalue weighted by molar-refractivity contribution is 6.30. The highest BCUT2D eigenvalue weighted by Crippen LogP contribution is 2.18. The molecule has 74 valence electrons. The molecule has 3 nitrogen and oxygen atoms in total. The van der Waals surface area contributed by atoms with Gasteiger partial charge in [0.1, 0.15) is 11.6 Å². The minimum atomic E-state index is -0.893. The van der Waals surface area contributed by atoms with E-state index in [0.29, 0.717) is 6.07 Å². The number of carbonyl (C=O) groups is 2. The molecular weight excluding hydrogens is 192 g/mol. The topological polar surface area (TPSA) is 37.4 Å². The van der Waals surface area contributed by atoms with Gasteiger partial charge in [-0.05, 0) is 12.1 Å². The number of hydrogen-bond donors (Lipinski definition) is 0. The molecule has 0 saturated heterocycles. The smallest absolute Gasteiger partial charge is 0.290 e. The van der Waals surface area contributed by atoms with E-state index in [1.165, 1.54) is 7.05 Å². The van der Waals surface area contributed by atoms with E-state index in [9.17, 15) is 18.4 Å². The number of nitrogens with zero attached hydrogens (tertiary/aromatic N) is 1. The zero-order valence-electron chi connectivity index (χ0n) is 7.33. The van der Waals surface area contributed by atoms with Gasteiger partial charge in [-0.25, -0.2) is 8.78 Å². The molecule has 0 spiro atoms. The zero-order chi connectivity index (χ0) is 10.7. The maximum Gasteiger partial charge on any atom is 0.290 e. The van der Waals surface area contributed by atoms with Crippen LogP contribution < -0.4 is 4.90 Å². The van der Waals surface area contributed by atoms with Crippen LogP contribution in [0.5, 0.6) is 0 Å².